The lowest BCUT2D eigenvalue weighted by atomic mass is 10.2. The molecular formula is C11H17N3O2. The number of hydrogen-bond acceptors (Lipinski definition) is 4. The van der Waals surface area contributed by atoms with Crippen molar-refractivity contribution in [2.45, 2.75) is 38.5 Å². The number of rotatable bonds is 4. The molecule has 0 radical (unpaired) electrons. The molecule has 5 nitrogen and oxygen atoms in total. The van der Waals surface area contributed by atoms with Crippen molar-refractivity contribution >= 4 is 5.97 Å². The summed E-state index contributed by atoms with van der Waals surface area (Å²) < 4.78 is 6.67. The molecule has 1 unspecified atom stereocenters. The average molecular weight is 223 g/mol. The van der Waals surface area contributed by atoms with Crippen LogP contribution in [0.3, 0.4) is 0 Å². The van der Waals surface area contributed by atoms with Crippen LogP contribution in [0.2, 0.25) is 0 Å². The molecule has 1 aliphatic rings. The van der Waals surface area contributed by atoms with E-state index in [1.54, 1.807) is 18.5 Å². The maximum Gasteiger partial charge on any atom is 0.316 e. The number of hydrogen-bond donors (Lipinski definition) is 0. The molecule has 0 aromatic carbocycles. The van der Waals surface area contributed by atoms with Crippen molar-refractivity contribution in [1.82, 2.24) is 14.8 Å². The van der Waals surface area contributed by atoms with Crippen LogP contribution < -0.4 is 0 Å². The highest BCUT2D eigenvalue weighted by Gasteiger charge is 2.30. The number of carbonyl (C=O) groups is 1. The summed E-state index contributed by atoms with van der Waals surface area (Å²) in [6.07, 6.45) is 2.33. The minimum atomic E-state index is -0.343. The van der Waals surface area contributed by atoms with Crippen molar-refractivity contribution in [3.63, 3.8) is 0 Å². The van der Waals surface area contributed by atoms with E-state index in [1.165, 1.54) is 0 Å². The number of nitrogens with zero attached hydrogens (tertiary/aromatic N) is 3. The summed E-state index contributed by atoms with van der Waals surface area (Å²) in [5, 5.41) is 4.33. The standard InChI is InChI=1S/C11H17N3O2/c1-4-16-11(15)7(2)10-12-9(8-5-6-8)13-14(10)3/h7-8H,4-6H2,1-3H3. The van der Waals surface area contributed by atoms with Gasteiger partial charge in [0, 0.05) is 13.0 Å². The van der Waals surface area contributed by atoms with Crippen LogP contribution in [0.25, 0.3) is 0 Å². The van der Waals surface area contributed by atoms with Gasteiger partial charge in [-0.05, 0) is 26.7 Å². The minimum absolute atomic E-state index is 0.236. The first-order chi connectivity index (χ1) is 7.63. The molecule has 1 aromatic rings. The number of carbonyl (C=O) groups excluding carboxylic acids is 1. The van der Waals surface area contributed by atoms with Gasteiger partial charge in [0.1, 0.15) is 11.7 Å². The molecule has 1 aromatic heterocycles. The second kappa shape index (κ2) is 4.23. The summed E-state index contributed by atoms with van der Waals surface area (Å²) in [5.41, 5.74) is 0. The Labute approximate surface area is 94.8 Å². The molecule has 1 saturated carbocycles. The van der Waals surface area contributed by atoms with Crippen molar-refractivity contribution in [3.8, 4) is 0 Å². The van der Waals surface area contributed by atoms with Gasteiger partial charge < -0.3 is 4.74 Å². The summed E-state index contributed by atoms with van der Waals surface area (Å²) in [7, 11) is 1.82. The third-order valence-corrected chi connectivity index (χ3v) is 2.78. The fourth-order valence-electron chi connectivity index (χ4n) is 1.68. The van der Waals surface area contributed by atoms with Crippen LogP contribution in [-0.2, 0) is 16.6 Å². The number of aryl methyl sites for hydroxylation is 1. The molecule has 16 heavy (non-hydrogen) atoms. The van der Waals surface area contributed by atoms with E-state index in [1.807, 2.05) is 7.05 Å². The molecule has 5 heteroatoms. The van der Waals surface area contributed by atoms with Crippen molar-refractivity contribution < 1.29 is 9.53 Å². The molecule has 0 N–H and O–H groups in total. The highest BCUT2D eigenvalue weighted by atomic mass is 16.5. The summed E-state index contributed by atoms with van der Waals surface area (Å²) in [4.78, 5) is 16.0. The first-order valence-corrected chi connectivity index (χ1v) is 5.71. The Bertz CT molecular complexity index is 396. The third kappa shape index (κ3) is 2.08. The SMILES string of the molecule is CCOC(=O)C(C)c1nc(C2CC2)nn1C. The van der Waals surface area contributed by atoms with Gasteiger partial charge >= 0.3 is 5.97 Å². The van der Waals surface area contributed by atoms with E-state index in [0.29, 0.717) is 18.3 Å². The Balaban J connectivity index is 2.15. The minimum Gasteiger partial charge on any atom is -0.465 e. The highest BCUT2D eigenvalue weighted by Crippen LogP contribution is 2.38. The molecule has 2 rings (SSSR count). The fourth-order valence-corrected chi connectivity index (χ4v) is 1.68. The van der Waals surface area contributed by atoms with Crippen molar-refractivity contribution in [1.29, 1.82) is 0 Å². The number of aromatic nitrogens is 3. The zero-order valence-electron chi connectivity index (χ0n) is 9.93. The predicted molar refractivity (Wildman–Crippen MR) is 58.0 cm³/mol. The van der Waals surface area contributed by atoms with E-state index in [2.05, 4.69) is 10.1 Å². The van der Waals surface area contributed by atoms with E-state index in [4.69, 9.17) is 4.74 Å². The maximum absolute atomic E-state index is 11.6. The molecule has 0 aliphatic heterocycles. The number of ether oxygens (including phenoxy) is 1. The van der Waals surface area contributed by atoms with Crippen LogP contribution in [0, 0.1) is 0 Å². The molecule has 88 valence electrons. The third-order valence-electron chi connectivity index (χ3n) is 2.78. The van der Waals surface area contributed by atoms with Gasteiger partial charge in [-0.2, -0.15) is 5.10 Å². The monoisotopic (exact) mass is 223 g/mol. The second-order valence-electron chi connectivity index (χ2n) is 4.20. The first kappa shape index (κ1) is 11.1. The first-order valence-electron chi connectivity index (χ1n) is 5.71. The van der Waals surface area contributed by atoms with Crippen molar-refractivity contribution in [2.24, 2.45) is 7.05 Å². The largest absolute Gasteiger partial charge is 0.465 e. The van der Waals surface area contributed by atoms with Crippen LogP contribution in [0.1, 0.15) is 50.2 Å². The quantitative estimate of drug-likeness (QED) is 0.723. The summed E-state index contributed by atoms with van der Waals surface area (Å²) >= 11 is 0. The summed E-state index contributed by atoms with van der Waals surface area (Å²) in [6, 6.07) is 0. The van der Waals surface area contributed by atoms with Gasteiger partial charge in [0.25, 0.3) is 0 Å². The van der Waals surface area contributed by atoms with Gasteiger partial charge in [-0.1, -0.05) is 0 Å². The van der Waals surface area contributed by atoms with E-state index >= 15 is 0 Å². The maximum atomic E-state index is 11.6. The van der Waals surface area contributed by atoms with Gasteiger partial charge in [-0.15, -0.1) is 0 Å². The van der Waals surface area contributed by atoms with Gasteiger partial charge in [-0.25, -0.2) is 4.98 Å². The Kier molecular flexibility index (Phi) is 2.94. The number of esters is 1. The van der Waals surface area contributed by atoms with E-state index in [9.17, 15) is 4.79 Å². The zero-order chi connectivity index (χ0) is 11.7. The van der Waals surface area contributed by atoms with Crippen LogP contribution in [-0.4, -0.2) is 27.3 Å². The molecule has 1 atom stereocenters. The summed E-state index contributed by atoms with van der Waals surface area (Å²) in [6.45, 7) is 4.01. The topological polar surface area (TPSA) is 57.0 Å². The van der Waals surface area contributed by atoms with Crippen molar-refractivity contribution in [2.75, 3.05) is 6.61 Å². The van der Waals surface area contributed by atoms with Gasteiger partial charge in [0.05, 0.1) is 6.61 Å². The Hall–Kier alpha value is -1.39. The van der Waals surface area contributed by atoms with Crippen LogP contribution in [0.4, 0.5) is 0 Å². The smallest absolute Gasteiger partial charge is 0.316 e. The Morgan fingerprint density at radius 3 is 2.88 bits per heavy atom. The van der Waals surface area contributed by atoms with Crippen LogP contribution in [0.15, 0.2) is 0 Å². The average Bonchev–Trinajstić information content (AvgIpc) is 3.02. The van der Waals surface area contributed by atoms with Crippen LogP contribution >= 0.6 is 0 Å². The Morgan fingerprint density at radius 1 is 1.62 bits per heavy atom. The highest BCUT2D eigenvalue weighted by molar-refractivity contribution is 5.76. The van der Waals surface area contributed by atoms with E-state index < -0.39 is 0 Å². The molecule has 0 amide bonds. The molecule has 1 fully saturated rings. The predicted octanol–water partition coefficient (Wildman–Crippen LogP) is 1.36. The van der Waals surface area contributed by atoms with E-state index in [0.717, 1.165) is 18.7 Å². The molecular weight excluding hydrogens is 206 g/mol. The van der Waals surface area contributed by atoms with Crippen LogP contribution in [0.5, 0.6) is 0 Å². The van der Waals surface area contributed by atoms with Gasteiger partial charge in [-0.3, -0.25) is 9.48 Å². The molecule has 0 bridgehead atoms. The lowest BCUT2D eigenvalue weighted by molar-refractivity contribution is -0.144. The lowest BCUT2D eigenvalue weighted by Gasteiger charge is -2.08. The van der Waals surface area contributed by atoms with Gasteiger partial charge in [0.15, 0.2) is 5.82 Å². The molecule has 1 aliphatic carbocycles. The van der Waals surface area contributed by atoms with Gasteiger partial charge in [0.2, 0.25) is 0 Å². The molecule has 0 saturated heterocycles. The van der Waals surface area contributed by atoms with Crippen molar-refractivity contribution in [3.05, 3.63) is 11.6 Å². The lowest BCUT2D eigenvalue weighted by Crippen LogP contribution is -2.16. The second-order valence-corrected chi connectivity index (χ2v) is 4.20. The van der Waals surface area contributed by atoms with E-state index in [-0.39, 0.29) is 11.9 Å². The zero-order valence-corrected chi connectivity index (χ0v) is 9.93. The Morgan fingerprint density at radius 2 is 2.31 bits per heavy atom. The fraction of sp³-hybridized carbons (Fsp3) is 0.727. The summed E-state index contributed by atoms with van der Waals surface area (Å²) in [5.74, 6) is 1.49. The normalized spacial score (nSPS) is 17.2. The molecule has 1 heterocycles. The molecule has 0 spiro atoms.